The van der Waals surface area contributed by atoms with Crippen LogP contribution in [0.4, 0.5) is 0 Å². The molecule has 0 heterocycles. The second kappa shape index (κ2) is 10.5. The fraction of sp³-hybridized carbons (Fsp3) is 1.00. The molecule has 4 heteroatoms. The van der Waals surface area contributed by atoms with E-state index in [4.69, 9.17) is 9.05 Å². The van der Waals surface area contributed by atoms with Gasteiger partial charge in [-0.15, -0.1) is 0 Å². The molecule has 0 atom stereocenters. The molecule has 0 aliphatic rings. The summed E-state index contributed by atoms with van der Waals surface area (Å²) in [5.41, 5.74) is 0. The van der Waals surface area contributed by atoms with Crippen molar-refractivity contribution in [1.82, 2.24) is 0 Å². The fourth-order valence-corrected chi connectivity index (χ4v) is 3.44. The normalized spacial score (nSPS) is 13.0. The molecular weight excluding hydrogens is 223 g/mol. The standard InChI is InChI=1S/C12H29O3P/c1-4-7-10-14-16(13,12-9-6-3)15-11-8-5-2/h13,16H,4-12H2,1-3H3. The molecule has 1 N–H and O–H groups in total. The zero-order valence-electron chi connectivity index (χ0n) is 11.1. The Labute approximate surface area is 101 Å². The fourth-order valence-electron chi connectivity index (χ4n) is 1.34. The number of unbranched alkanes of at least 4 members (excludes halogenated alkanes) is 3. The summed E-state index contributed by atoms with van der Waals surface area (Å²) in [7, 11) is -2.84. The summed E-state index contributed by atoms with van der Waals surface area (Å²) in [6, 6.07) is 0. The summed E-state index contributed by atoms with van der Waals surface area (Å²) in [6.07, 6.45) is 6.94. The first-order chi connectivity index (χ1) is 7.68. The average molecular weight is 252 g/mol. The first-order valence-electron chi connectivity index (χ1n) is 6.68. The molecule has 0 rings (SSSR count). The van der Waals surface area contributed by atoms with E-state index in [0.717, 1.165) is 38.5 Å². The molecule has 0 aromatic rings. The predicted octanol–water partition coefficient (Wildman–Crippen LogP) is 3.91. The topological polar surface area (TPSA) is 38.7 Å². The molecule has 0 amide bonds. The van der Waals surface area contributed by atoms with E-state index >= 15 is 0 Å². The second-order valence-electron chi connectivity index (χ2n) is 4.22. The molecule has 0 bridgehead atoms. The van der Waals surface area contributed by atoms with Gasteiger partial charge < -0.3 is 0 Å². The van der Waals surface area contributed by atoms with Crippen LogP contribution in [-0.4, -0.2) is 24.3 Å². The van der Waals surface area contributed by atoms with E-state index in [1.807, 2.05) is 0 Å². The van der Waals surface area contributed by atoms with Gasteiger partial charge in [-0.25, -0.2) is 0 Å². The Hall–Kier alpha value is 0.310. The average Bonchev–Trinajstić information content (AvgIpc) is 2.27. The van der Waals surface area contributed by atoms with Crippen molar-refractivity contribution in [2.24, 2.45) is 0 Å². The van der Waals surface area contributed by atoms with Gasteiger partial charge in [0.25, 0.3) is 0 Å². The van der Waals surface area contributed by atoms with Crippen molar-refractivity contribution < 1.29 is 13.9 Å². The third-order valence-electron chi connectivity index (χ3n) is 2.50. The molecule has 0 aromatic heterocycles. The van der Waals surface area contributed by atoms with Crippen LogP contribution < -0.4 is 0 Å². The third kappa shape index (κ3) is 8.46. The minimum atomic E-state index is -2.84. The zero-order chi connectivity index (χ0) is 12.3. The first kappa shape index (κ1) is 16.3. The van der Waals surface area contributed by atoms with Crippen molar-refractivity contribution in [3.05, 3.63) is 0 Å². The van der Waals surface area contributed by atoms with Gasteiger partial charge in [-0.05, 0) is 0 Å². The molecule has 0 spiro atoms. The molecule has 0 fully saturated rings. The monoisotopic (exact) mass is 252 g/mol. The Bertz CT molecular complexity index is 143. The van der Waals surface area contributed by atoms with Crippen LogP contribution in [0.5, 0.6) is 0 Å². The maximum atomic E-state index is 10.3. The molecule has 0 aliphatic carbocycles. The van der Waals surface area contributed by atoms with Crippen LogP contribution in [0.1, 0.15) is 59.3 Å². The molecule has 0 saturated carbocycles. The summed E-state index contributed by atoms with van der Waals surface area (Å²) in [6.45, 7) is 7.62. The van der Waals surface area contributed by atoms with Gasteiger partial charge in [0.2, 0.25) is 0 Å². The van der Waals surface area contributed by atoms with Crippen LogP contribution in [0.3, 0.4) is 0 Å². The van der Waals surface area contributed by atoms with E-state index in [1.165, 1.54) is 0 Å². The summed E-state index contributed by atoms with van der Waals surface area (Å²) in [5.74, 6) is 0. The Kier molecular flexibility index (Phi) is 10.7. The predicted molar refractivity (Wildman–Crippen MR) is 72.0 cm³/mol. The van der Waals surface area contributed by atoms with E-state index in [2.05, 4.69) is 20.8 Å². The van der Waals surface area contributed by atoms with E-state index < -0.39 is 7.94 Å². The van der Waals surface area contributed by atoms with E-state index in [0.29, 0.717) is 19.4 Å². The van der Waals surface area contributed by atoms with E-state index in [-0.39, 0.29) is 0 Å². The third-order valence-corrected chi connectivity index (χ3v) is 4.79. The zero-order valence-corrected chi connectivity index (χ0v) is 12.1. The van der Waals surface area contributed by atoms with Crippen LogP contribution in [0, 0.1) is 0 Å². The quantitative estimate of drug-likeness (QED) is 0.447. The summed E-state index contributed by atoms with van der Waals surface area (Å²) in [5, 5.41) is 0. The number of hydrogen-bond acceptors (Lipinski definition) is 3. The first-order valence-corrected chi connectivity index (χ1v) is 8.65. The Balaban J connectivity index is 3.91. The van der Waals surface area contributed by atoms with Crippen LogP contribution in [0.25, 0.3) is 0 Å². The van der Waals surface area contributed by atoms with E-state index in [9.17, 15) is 4.89 Å². The molecule has 0 aromatic carbocycles. The van der Waals surface area contributed by atoms with Crippen LogP contribution >= 0.6 is 7.94 Å². The van der Waals surface area contributed by atoms with Crippen molar-refractivity contribution in [2.45, 2.75) is 59.3 Å². The summed E-state index contributed by atoms with van der Waals surface area (Å²) < 4.78 is 11.2. The molecule has 0 unspecified atom stereocenters. The molecular formula is C12H29O3P. The maximum absolute atomic E-state index is 10.3. The van der Waals surface area contributed by atoms with Gasteiger partial charge in [-0.3, -0.25) is 0 Å². The molecule has 16 heavy (non-hydrogen) atoms. The van der Waals surface area contributed by atoms with Gasteiger partial charge in [0, 0.05) is 0 Å². The van der Waals surface area contributed by atoms with Crippen LogP contribution in [0.15, 0.2) is 0 Å². The Morgan fingerprint density at radius 3 is 1.62 bits per heavy atom. The van der Waals surface area contributed by atoms with Gasteiger partial charge in [0.1, 0.15) is 0 Å². The van der Waals surface area contributed by atoms with Crippen molar-refractivity contribution in [3.63, 3.8) is 0 Å². The van der Waals surface area contributed by atoms with Crippen LogP contribution in [-0.2, 0) is 9.05 Å². The molecule has 100 valence electrons. The minimum absolute atomic E-state index is 0.634. The molecule has 0 radical (unpaired) electrons. The number of hydrogen-bond donors (Lipinski definition) is 1. The summed E-state index contributed by atoms with van der Waals surface area (Å²) in [4.78, 5) is 10.3. The van der Waals surface area contributed by atoms with Crippen molar-refractivity contribution in [1.29, 1.82) is 0 Å². The Morgan fingerprint density at radius 2 is 1.25 bits per heavy atom. The molecule has 0 aliphatic heterocycles. The van der Waals surface area contributed by atoms with Gasteiger partial charge in [-0.2, -0.15) is 0 Å². The van der Waals surface area contributed by atoms with Gasteiger partial charge in [0.15, 0.2) is 0 Å². The molecule has 3 nitrogen and oxygen atoms in total. The SMILES string of the molecule is CCCCO[PH](O)(CCCC)OCCCC. The van der Waals surface area contributed by atoms with Gasteiger partial charge >= 0.3 is 101 Å². The van der Waals surface area contributed by atoms with Gasteiger partial charge in [-0.1, -0.05) is 0 Å². The van der Waals surface area contributed by atoms with Crippen molar-refractivity contribution in [3.8, 4) is 0 Å². The van der Waals surface area contributed by atoms with Crippen molar-refractivity contribution >= 4 is 7.94 Å². The second-order valence-corrected chi connectivity index (χ2v) is 6.72. The summed E-state index contributed by atoms with van der Waals surface area (Å²) >= 11 is 0. The van der Waals surface area contributed by atoms with Crippen LogP contribution in [0.2, 0.25) is 0 Å². The van der Waals surface area contributed by atoms with E-state index in [1.54, 1.807) is 0 Å². The number of rotatable bonds is 11. The van der Waals surface area contributed by atoms with Gasteiger partial charge in [0.05, 0.1) is 0 Å². The Morgan fingerprint density at radius 1 is 0.812 bits per heavy atom. The van der Waals surface area contributed by atoms with Crippen molar-refractivity contribution in [2.75, 3.05) is 19.4 Å². The molecule has 0 saturated heterocycles.